The van der Waals surface area contributed by atoms with Gasteiger partial charge in [-0.2, -0.15) is 0 Å². The summed E-state index contributed by atoms with van der Waals surface area (Å²) in [5, 5.41) is 14.9. The second-order valence-corrected chi connectivity index (χ2v) is 9.23. The van der Waals surface area contributed by atoms with E-state index >= 15 is 0 Å². The minimum Gasteiger partial charge on any atom is -0.354 e. The molecule has 0 aromatic carbocycles. The minimum atomic E-state index is -0.0261. The zero-order valence-electron chi connectivity index (χ0n) is 16.0. The van der Waals surface area contributed by atoms with Gasteiger partial charge in [0.1, 0.15) is 5.69 Å². The van der Waals surface area contributed by atoms with Crippen LogP contribution in [0.4, 0.5) is 5.82 Å². The van der Waals surface area contributed by atoms with Gasteiger partial charge in [-0.05, 0) is 50.3 Å². The van der Waals surface area contributed by atoms with Crippen molar-refractivity contribution in [2.24, 2.45) is 5.92 Å². The van der Waals surface area contributed by atoms with Crippen LogP contribution in [0.25, 0.3) is 10.6 Å². The fourth-order valence-corrected chi connectivity index (χ4v) is 5.07. The van der Waals surface area contributed by atoms with Crippen LogP contribution in [0.15, 0.2) is 29.6 Å². The number of aryl methyl sites for hydroxylation is 2. The maximum atomic E-state index is 12.7. The number of amides is 1. The molecule has 1 fully saturated rings. The zero-order chi connectivity index (χ0) is 19.5. The molecule has 0 aliphatic carbocycles. The fraction of sp³-hybridized carbons (Fsp3) is 0.400. The smallest absolute Gasteiger partial charge is 0.225 e. The quantitative estimate of drug-likeness (QED) is 0.689. The topological polar surface area (TPSA) is 71.0 Å². The molecule has 3 aromatic heterocycles. The number of anilines is 1. The van der Waals surface area contributed by atoms with Gasteiger partial charge < -0.3 is 10.2 Å². The first kappa shape index (κ1) is 19.0. The first-order valence-corrected chi connectivity index (χ1v) is 11.1. The summed E-state index contributed by atoms with van der Waals surface area (Å²) >= 11 is 3.30. The molecule has 4 rings (SSSR count). The third-order valence-electron chi connectivity index (χ3n) is 4.96. The average molecular weight is 414 g/mol. The summed E-state index contributed by atoms with van der Waals surface area (Å²) in [4.78, 5) is 21.5. The number of rotatable bonds is 5. The molecule has 1 atom stereocenters. The number of hydrogen-bond donors (Lipinski definition) is 1. The van der Waals surface area contributed by atoms with E-state index in [1.807, 2.05) is 43.5 Å². The molecule has 8 heteroatoms. The van der Waals surface area contributed by atoms with Crippen molar-refractivity contribution in [3.63, 3.8) is 0 Å². The molecule has 0 spiro atoms. The third kappa shape index (κ3) is 4.23. The predicted octanol–water partition coefficient (Wildman–Crippen LogP) is 3.81. The maximum absolute atomic E-state index is 12.7. The number of thiophene rings is 1. The molecule has 0 unspecified atom stereocenters. The van der Waals surface area contributed by atoms with Crippen LogP contribution in [0, 0.1) is 19.8 Å². The summed E-state index contributed by atoms with van der Waals surface area (Å²) in [6.45, 7) is 6.13. The Morgan fingerprint density at radius 2 is 2.18 bits per heavy atom. The van der Waals surface area contributed by atoms with Crippen molar-refractivity contribution in [2.75, 3.05) is 18.0 Å². The number of nitrogens with one attached hydrogen (secondary N) is 1. The van der Waals surface area contributed by atoms with E-state index in [2.05, 4.69) is 25.4 Å². The summed E-state index contributed by atoms with van der Waals surface area (Å²) < 4.78 is 0. The zero-order valence-corrected chi connectivity index (χ0v) is 17.6. The van der Waals surface area contributed by atoms with E-state index in [0.29, 0.717) is 13.1 Å². The van der Waals surface area contributed by atoms with Crippen molar-refractivity contribution >= 4 is 34.4 Å². The van der Waals surface area contributed by atoms with Crippen molar-refractivity contribution in [1.82, 2.24) is 20.5 Å². The van der Waals surface area contributed by atoms with E-state index in [0.717, 1.165) is 51.4 Å². The Bertz CT molecular complexity index is 936. The average Bonchev–Trinajstić information content (AvgIpc) is 3.36. The number of aromatic nitrogens is 3. The largest absolute Gasteiger partial charge is 0.354 e. The standard InChI is InChI=1S/C20H23N5OS2/c1-13-18(28-14(2)22-13)11-21-20(26)15-5-3-9-25(12-15)19-8-7-16(23-24-19)17-6-4-10-27-17/h4,6-8,10,15H,3,5,9,11-12H2,1-2H3,(H,21,26)/t15-/m0/s1. The predicted molar refractivity (Wildman–Crippen MR) is 114 cm³/mol. The van der Waals surface area contributed by atoms with Crippen LogP contribution >= 0.6 is 22.7 Å². The van der Waals surface area contributed by atoms with Gasteiger partial charge in [0.05, 0.1) is 28.0 Å². The van der Waals surface area contributed by atoms with Crippen LogP contribution in [0.5, 0.6) is 0 Å². The van der Waals surface area contributed by atoms with E-state index in [4.69, 9.17) is 0 Å². The lowest BCUT2D eigenvalue weighted by Crippen LogP contribution is -2.43. The first-order chi connectivity index (χ1) is 13.6. The van der Waals surface area contributed by atoms with Crippen molar-refractivity contribution in [3.8, 4) is 10.6 Å². The van der Waals surface area contributed by atoms with Gasteiger partial charge in [0, 0.05) is 18.0 Å². The van der Waals surface area contributed by atoms with Gasteiger partial charge in [0.2, 0.25) is 5.91 Å². The molecule has 1 amide bonds. The van der Waals surface area contributed by atoms with Gasteiger partial charge in [-0.15, -0.1) is 32.9 Å². The monoisotopic (exact) mass is 413 g/mol. The molecule has 3 aromatic rings. The van der Waals surface area contributed by atoms with E-state index in [9.17, 15) is 4.79 Å². The number of thiazole rings is 1. The van der Waals surface area contributed by atoms with E-state index in [-0.39, 0.29) is 11.8 Å². The highest BCUT2D eigenvalue weighted by atomic mass is 32.1. The van der Waals surface area contributed by atoms with Crippen LogP contribution in [0.2, 0.25) is 0 Å². The molecule has 1 aliphatic rings. The van der Waals surface area contributed by atoms with Crippen molar-refractivity contribution in [2.45, 2.75) is 33.2 Å². The van der Waals surface area contributed by atoms with Crippen molar-refractivity contribution in [3.05, 3.63) is 45.2 Å². The summed E-state index contributed by atoms with van der Waals surface area (Å²) in [6.07, 6.45) is 1.88. The molecule has 6 nitrogen and oxygen atoms in total. The third-order valence-corrected chi connectivity index (χ3v) is 6.93. The lowest BCUT2D eigenvalue weighted by molar-refractivity contribution is -0.125. The number of carbonyl (C=O) groups excluding carboxylic acids is 1. The lowest BCUT2D eigenvalue weighted by Gasteiger charge is -2.32. The molecule has 146 valence electrons. The van der Waals surface area contributed by atoms with E-state index in [1.165, 1.54) is 0 Å². The Labute approximate surface area is 172 Å². The van der Waals surface area contributed by atoms with Crippen LogP contribution in [-0.4, -0.2) is 34.2 Å². The number of carbonyl (C=O) groups is 1. The molecule has 4 heterocycles. The SMILES string of the molecule is Cc1nc(C)c(CNC(=O)[C@H]2CCCN(c3ccc(-c4cccs4)nn3)C2)s1. The van der Waals surface area contributed by atoms with Gasteiger partial charge >= 0.3 is 0 Å². The summed E-state index contributed by atoms with van der Waals surface area (Å²) in [7, 11) is 0. The number of hydrogen-bond acceptors (Lipinski definition) is 7. The van der Waals surface area contributed by atoms with E-state index in [1.54, 1.807) is 22.7 Å². The summed E-state index contributed by atoms with van der Waals surface area (Å²) in [5.41, 5.74) is 1.90. The van der Waals surface area contributed by atoms with Crippen molar-refractivity contribution < 1.29 is 4.79 Å². The maximum Gasteiger partial charge on any atom is 0.225 e. The highest BCUT2D eigenvalue weighted by Gasteiger charge is 2.27. The van der Waals surface area contributed by atoms with Gasteiger partial charge in [-0.3, -0.25) is 4.79 Å². The van der Waals surface area contributed by atoms with Gasteiger partial charge in [0.25, 0.3) is 0 Å². The van der Waals surface area contributed by atoms with Crippen LogP contribution in [0.3, 0.4) is 0 Å². The highest BCUT2D eigenvalue weighted by molar-refractivity contribution is 7.13. The molecule has 1 N–H and O–H groups in total. The lowest BCUT2D eigenvalue weighted by atomic mass is 9.97. The second kappa shape index (κ2) is 8.36. The summed E-state index contributed by atoms with van der Waals surface area (Å²) in [5.74, 6) is 0.923. The molecule has 1 saturated heterocycles. The van der Waals surface area contributed by atoms with Crippen molar-refractivity contribution in [1.29, 1.82) is 0 Å². The molecular formula is C20H23N5OS2. The Morgan fingerprint density at radius 1 is 1.29 bits per heavy atom. The highest BCUT2D eigenvalue weighted by Crippen LogP contribution is 2.26. The van der Waals surface area contributed by atoms with Crippen LogP contribution in [0.1, 0.15) is 28.4 Å². The minimum absolute atomic E-state index is 0.0261. The van der Waals surface area contributed by atoms with Crippen LogP contribution in [-0.2, 0) is 11.3 Å². The Kier molecular flexibility index (Phi) is 5.68. The van der Waals surface area contributed by atoms with E-state index < -0.39 is 0 Å². The van der Waals surface area contributed by atoms with Gasteiger partial charge in [-0.1, -0.05) is 6.07 Å². The first-order valence-electron chi connectivity index (χ1n) is 9.43. The van der Waals surface area contributed by atoms with Crippen LogP contribution < -0.4 is 10.2 Å². The fourth-order valence-electron chi connectivity index (χ4n) is 3.50. The number of nitrogens with zero attached hydrogens (tertiary/aromatic N) is 4. The molecule has 28 heavy (non-hydrogen) atoms. The molecule has 0 saturated carbocycles. The molecule has 0 bridgehead atoms. The Hall–Kier alpha value is -2.32. The molecule has 1 aliphatic heterocycles. The molecule has 0 radical (unpaired) electrons. The second-order valence-electron chi connectivity index (χ2n) is 7.00. The Balaban J connectivity index is 1.37. The van der Waals surface area contributed by atoms with Gasteiger partial charge in [-0.25, -0.2) is 4.98 Å². The molecular weight excluding hydrogens is 390 g/mol. The number of piperidine rings is 1. The Morgan fingerprint density at radius 3 is 2.86 bits per heavy atom. The normalized spacial score (nSPS) is 16.9. The summed E-state index contributed by atoms with van der Waals surface area (Å²) in [6, 6.07) is 8.07. The van der Waals surface area contributed by atoms with Gasteiger partial charge in [0.15, 0.2) is 5.82 Å².